The third-order valence-corrected chi connectivity index (χ3v) is 5.05. The number of carbonyl (C=O) groups excluding carboxylic acids is 1. The summed E-state index contributed by atoms with van der Waals surface area (Å²) in [5.41, 5.74) is -0.204. The van der Waals surface area contributed by atoms with Gasteiger partial charge in [-0.2, -0.15) is 9.36 Å². The zero-order valence-corrected chi connectivity index (χ0v) is 15.6. The molecule has 0 atom stereocenters. The number of aromatic nitrogens is 4. The summed E-state index contributed by atoms with van der Waals surface area (Å²) in [6, 6.07) is 12.5. The first-order chi connectivity index (χ1) is 12.8. The van der Waals surface area contributed by atoms with Crippen LogP contribution in [-0.4, -0.2) is 40.4 Å². The Bertz CT molecular complexity index is 1170. The van der Waals surface area contributed by atoms with E-state index >= 15 is 0 Å². The summed E-state index contributed by atoms with van der Waals surface area (Å²) in [4.78, 5) is 24.6. The molecule has 0 aliphatic carbocycles. The molecule has 1 amide bonds. The van der Waals surface area contributed by atoms with Crippen molar-refractivity contribution in [2.24, 2.45) is 0 Å². The largest absolute Gasteiger partial charge is 0.369 e. The van der Waals surface area contributed by atoms with Gasteiger partial charge in [-0.05, 0) is 34.7 Å². The smallest absolute Gasteiger partial charge is 0.323 e. The first kappa shape index (κ1) is 18.8. The highest BCUT2D eigenvalue weighted by Crippen LogP contribution is 2.20. The first-order valence-corrected chi connectivity index (χ1v) is 9.91. The van der Waals surface area contributed by atoms with Crippen LogP contribution in [0.5, 0.6) is 0 Å². The minimum atomic E-state index is -3.53. The fourth-order valence-electron chi connectivity index (χ4n) is 2.37. The van der Waals surface area contributed by atoms with Gasteiger partial charge in [0.25, 0.3) is 0 Å². The van der Waals surface area contributed by atoms with Crippen LogP contribution >= 0.6 is 11.6 Å². The highest BCUT2D eigenvalue weighted by Gasteiger charge is 2.17. The Morgan fingerprint density at radius 1 is 1.11 bits per heavy atom. The molecular weight excluding hydrogens is 394 g/mol. The maximum atomic E-state index is 12.4. The molecular formula is C16H14ClN5O4S. The molecule has 140 valence electrons. The zero-order chi connectivity index (χ0) is 19.6. The quantitative estimate of drug-likeness (QED) is 0.677. The van der Waals surface area contributed by atoms with Crippen LogP contribution in [0, 0.1) is 0 Å². The molecule has 1 aromatic heterocycles. The number of amides is 1. The Morgan fingerprint density at radius 2 is 1.78 bits per heavy atom. The van der Waals surface area contributed by atoms with Gasteiger partial charge >= 0.3 is 5.69 Å². The molecule has 1 N–H and O–H groups in total. The van der Waals surface area contributed by atoms with Crippen LogP contribution < -0.4 is 11.0 Å². The number of halogens is 1. The Morgan fingerprint density at radius 3 is 2.48 bits per heavy atom. The van der Waals surface area contributed by atoms with Crippen molar-refractivity contribution in [2.45, 2.75) is 11.4 Å². The van der Waals surface area contributed by atoms with Crippen molar-refractivity contribution in [1.29, 1.82) is 0 Å². The van der Waals surface area contributed by atoms with Crippen LogP contribution in [0.4, 0.5) is 5.69 Å². The Balaban J connectivity index is 1.83. The lowest BCUT2D eigenvalue weighted by atomic mass is 10.3. The molecule has 0 saturated heterocycles. The number of carbonyl (C=O) groups is 1. The van der Waals surface area contributed by atoms with Crippen molar-refractivity contribution < 1.29 is 13.2 Å². The molecule has 0 aliphatic heterocycles. The van der Waals surface area contributed by atoms with Gasteiger partial charge < -0.3 is 5.32 Å². The monoisotopic (exact) mass is 407 g/mol. The number of nitrogens with zero attached hydrogens (tertiary/aromatic N) is 4. The van der Waals surface area contributed by atoms with Gasteiger partial charge in [0, 0.05) is 6.26 Å². The van der Waals surface area contributed by atoms with E-state index in [0.717, 1.165) is 15.6 Å². The van der Waals surface area contributed by atoms with Crippen molar-refractivity contribution in [3.05, 3.63) is 64.0 Å². The summed E-state index contributed by atoms with van der Waals surface area (Å²) >= 11 is 6.04. The second kappa shape index (κ2) is 7.33. The molecule has 0 aliphatic rings. The van der Waals surface area contributed by atoms with E-state index in [2.05, 4.69) is 15.7 Å². The summed E-state index contributed by atoms with van der Waals surface area (Å²) in [5.74, 6) is -0.626. The second-order valence-electron chi connectivity index (χ2n) is 5.60. The van der Waals surface area contributed by atoms with Gasteiger partial charge in [0.15, 0.2) is 9.84 Å². The number of para-hydroxylation sites is 2. The van der Waals surface area contributed by atoms with E-state index in [4.69, 9.17) is 11.6 Å². The van der Waals surface area contributed by atoms with E-state index in [0.29, 0.717) is 10.7 Å². The van der Waals surface area contributed by atoms with Gasteiger partial charge in [0.2, 0.25) is 5.91 Å². The maximum absolute atomic E-state index is 12.4. The number of tetrazole rings is 1. The Labute approximate surface area is 159 Å². The van der Waals surface area contributed by atoms with Crippen LogP contribution in [0.1, 0.15) is 0 Å². The summed E-state index contributed by atoms with van der Waals surface area (Å²) in [6.07, 6.45) is 1.04. The van der Waals surface area contributed by atoms with E-state index in [9.17, 15) is 18.0 Å². The first-order valence-electron chi connectivity index (χ1n) is 7.64. The van der Waals surface area contributed by atoms with Crippen molar-refractivity contribution in [3.8, 4) is 5.69 Å². The SMILES string of the molecule is CS(=O)(=O)c1ccccc1NC(=O)Cn1nnn(-c2ccccc2Cl)c1=O. The van der Waals surface area contributed by atoms with Gasteiger partial charge in [-0.15, -0.1) is 0 Å². The molecule has 0 fully saturated rings. The third-order valence-electron chi connectivity index (χ3n) is 3.57. The van der Waals surface area contributed by atoms with Gasteiger partial charge in [-0.3, -0.25) is 4.79 Å². The number of nitrogens with one attached hydrogen (secondary N) is 1. The van der Waals surface area contributed by atoms with Gasteiger partial charge in [-0.25, -0.2) is 13.2 Å². The molecule has 3 aromatic rings. The van der Waals surface area contributed by atoms with Crippen LogP contribution in [0.3, 0.4) is 0 Å². The predicted octanol–water partition coefficient (Wildman–Crippen LogP) is 1.12. The summed E-state index contributed by atoms with van der Waals surface area (Å²) in [7, 11) is -3.53. The van der Waals surface area contributed by atoms with Gasteiger partial charge in [0.05, 0.1) is 21.3 Å². The average Bonchev–Trinajstić information content (AvgIpc) is 2.95. The predicted molar refractivity (Wildman–Crippen MR) is 98.8 cm³/mol. The number of anilines is 1. The standard InChI is InChI=1S/C16H14ClN5O4S/c1-27(25,26)14-9-5-3-7-12(14)18-15(23)10-21-16(24)22(20-19-21)13-8-4-2-6-11(13)17/h2-9H,10H2,1H3,(H,18,23). The highest BCUT2D eigenvalue weighted by molar-refractivity contribution is 7.90. The molecule has 0 radical (unpaired) electrons. The lowest BCUT2D eigenvalue weighted by molar-refractivity contribution is -0.117. The Kier molecular flexibility index (Phi) is 5.10. The number of rotatable bonds is 5. The normalized spacial score (nSPS) is 11.3. The minimum absolute atomic E-state index is 0.0228. The lowest BCUT2D eigenvalue weighted by Crippen LogP contribution is -2.30. The number of benzene rings is 2. The molecule has 0 unspecified atom stereocenters. The lowest BCUT2D eigenvalue weighted by Gasteiger charge is -2.09. The third kappa shape index (κ3) is 4.07. The molecule has 3 rings (SSSR count). The summed E-state index contributed by atoms with van der Waals surface area (Å²) in [6.45, 7) is -0.443. The van der Waals surface area contributed by atoms with E-state index in [1.54, 1.807) is 36.4 Å². The molecule has 11 heteroatoms. The van der Waals surface area contributed by atoms with Gasteiger partial charge in [-0.1, -0.05) is 35.9 Å². The molecule has 9 nitrogen and oxygen atoms in total. The fourth-order valence-corrected chi connectivity index (χ4v) is 3.43. The minimum Gasteiger partial charge on any atom is -0.323 e. The van der Waals surface area contributed by atoms with E-state index in [1.807, 2.05) is 0 Å². The summed E-state index contributed by atoms with van der Waals surface area (Å²) in [5, 5.41) is 10.2. The van der Waals surface area contributed by atoms with E-state index in [-0.39, 0.29) is 10.6 Å². The van der Waals surface area contributed by atoms with Crippen LogP contribution in [0.15, 0.2) is 58.2 Å². The van der Waals surface area contributed by atoms with Gasteiger partial charge in [0.1, 0.15) is 6.54 Å². The molecule has 0 spiro atoms. The number of hydrogen-bond donors (Lipinski definition) is 1. The van der Waals surface area contributed by atoms with Crippen molar-refractivity contribution in [3.63, 3.8) is 0 Å². The molecule has 1 heterocycles. The summed E-state index contributed by atoms with van der Waals surface area (Å²) < 4.78 is 25.4. The number of sulfone groups is 1. The van der Waals surface area contributed by atoms with Crippen LogP contribution in [0.25, 0.3) is 5.69 Å². The number of hydrogen-bond acceptors (Lipinski definition) is 6. The molecule has 2 aromatic carbocycles. The zero-order valence-electron chi connectivity index (χ0n) is 14.0. The molecule has 27 heavy (non-hydrogen) atoms. The van der Waals surface area contributed by atoms with Crippen LogP contribution in [0.2, 0.25) is 5.02 Å². The van der Waals surface area contributed by atoms with E-state index in [1.165, 1.54) is 12.1 Å². The molecule has 0 bridgehead atoms. The fraction of sp³-hybridized carbons (Fsp3) is 0.125. The topological polar surface area (TPSA) is 116 Å². The van der Waals surface area contributed by atoms with Crippen molar-refractivity contribution >= 4 is 33.0 Å². The highest BCUT2D eigenvalue weighted by atomic mass is 35.5. The van der Waals surface area contributed by atoms with Crippen LogP contribution in [-0.2, 0) is 21.2 Å². The maximum Gasteiger partial charge on any atom is 0.369 e. The van der Waals surface area contributed by atoms with E-state index < -0.39 is 28.0 Å². The Hall–Kier alpha value is -2.98. The van der Waals surface area contributed by atoms with Crippen molar-refractivity contribution in [1.82, 2.24) is 19.8 Å². The average molecular weight is 408 g/mol. The second-order valence-corrected chi connectivity index (χ2v) is 7.99. The van der Waals surface area contributed by atoms with Crippen molar-refractivity contribution in [2.75, 3.05) is 11.6 Å². The molecule has 0 saturated carbocycles.